The van der Waals surface area contributed by atoms with Crippen LogP contribution in [0.2, 0.25) is 0 Å². The molecule has 1 saturated carbocycles. The van der Waals surface area contributed by atoms with Crippen LogP contribution in [-0.2, 0) is 9.47 Å². The molecule has 0 amide bonds. The molecular weight excluding hydrogens is 259 g/mol. The number of hydrogen-bond acceptors (Lipinski definition) is 4. The van der Waals surface area contributed by atoms with Crippen molar-refractivity contribution >= 4 is 8.22 Å². The normalized spacial score (nSPS) is 28.9. The van der Waals surface area contributed by atoms with E-state index < -0.39 is 0 Å². The van der Waals surface area contributed by atoms with Crippen LogP contribution in [-0.4, -0.2) is 67.6 Å². The molecule has 3 aliphatic rings. The minimum Gasteiger partial charge on any atom is -0.379 e. The summed E-state index contributed by atoms with van der Waals surface area (Å²) < 4.78 is 16.6. The Balaban J connectivity index is 1.68. The lowest BCUT2D eigenvalue weighted by molar-refractivity contribution is 0.0571. The Bertz CT molecular complexity index is 219. The van der Waals surface area contributed by atoms with Crippen LogP contribution < -0.4 is 0 Å². The van der Waals surface area contributed by atoms with Gasteiger partial charge in [0.2, 0.25) is 0 Å². The predicted octanol–water partition coefficient (Wildman–Crippen LogP) is 2.30. The Morgan fingerprint density at radius 1 is 0.684 bits per heavy atom. The Hall–Kier alpha value is 0.270. The van der Waals surface area contributed by atoms with E-state index in [1.54, 1.807) is 0 Å². The molecule has 0 radical (unpaired) electrons. The zero-order valence-corrected chi connectivity index (χ0v) is 12.8. The summed E-state index contributed by atoms with van der Waals surface area (Å²) in [6.45, 7) is 8.26. The van der Waals surface area contributed by atoms with Crippen molar-refractivity contribution in [3.8, 4) is 0 Å². The number of rotatable bonds is 3. The molecule has 0 spiro atoms. The molecule has 1 aliphatic carbocycles. The monoisotopic (exact) mass is 286 g/mol. The van der Waals surface area contributed by atoms with Crippen LogP contribution in [0.3, 0.4) is 0 Å². The van der Waals surface area contributed by atoms with Crippen molar-refractivity contribution in [2.75, 3.05) is 52.6 Å². The van der Waals surface area contributed by atoms with Gasteiger partial charge in [0.15, 0.2) is 0 Å². The van der Waals surface area contributed by atoms with Crippen LogP contribution >= 0.6 is 8.22 Å². The van der Waals surface area contributed by atoms with E-state index in [1.165, 1.54) is 32.1 Å². The maximum Gasteiger partial charge on any atom is 0.0597 e. The first-order valence-corrected chi connectivity index (χ1v) is 9.21. The topological polar surface area (TPSA) is 24.9 Å². The summed E-state index contributed by atoms with van der Waals surface area (Å²) in [5.41, 5.74) is 0.931. The lowest BCUT2D eigenvalue weighted by atomic mass is 10.0. The van der Waals surface area contributed by atoms with Crippen LogP contribution in [0.5, 0.6) is 0 Å². The fourth-order valence-corrected chi connectivity index (χ4v) is 6.72. The van der Waals surface area contributed by atoms with Crippen LogP contribution in [0, 0.1) is 0 Å². The fourth-order valence-electron chi connectivity index (χ4n) is 3.47. The van der Waals surface area contributed by atoms with E-state index in [-0.39, 0.29) is 8.22 Å². The van der Waals surface area contributed by atoms with Gasteiger partial charge in [0, 0.05) is 40.1 Å². The number of ether oxygens (including phenoxy) is 2. The van der Waals surface area contributed by atoms with Crippen molar-refractivity contribution in [3.63, 3.8) is 0 Å². The zero-order chi connectivity index (χ0) is 12.9. The number of nitrogens with zero attached hydrogens (tertiary/aromatic N) is 2. The average molecular weight is 286 g/mol. The molecule has 2 aliphatic heterocycles. The Morgan fingerprint density at radius 2 is 1.16 bits per heavy atom. The van der Waals surface area contributed by atoms with Crippen molar-refractivity contribution in [2.45, 2.75) is 37.8 Å². The van der Waals surface area contributed by atoms with Crippen molar-refractivity contribution in [1.29, 1.82) is 0 Å². The Labute approximate surface area is 118 Å². The third-order valence-corrected chi connectivity index (χ3v) is 7.58. The first kappa shape index (κ1) is 14.2. The van der Waals surface area contributed by atoms with Crippen LogP contribution in [0.15, 0.2) is 0 Å². The minimum atomic E-state index is -0.108. The molecule has 2 saturated heterocycles. The average Bonchev–Trinajstić information content (AvgIpc) is 2.51. The van der Waals surface area contributed by atoms with Gasteiger partial charge in [0.25, 0.3) is 0 Å². The molecule has 3 fully saturated rings. The highest BCUT2D eigenvalue weighted by molar-refractivity contribution is 7.53. The highest BCUT2D eigenvalue weighted by Crippen LogP contribution is 2.53. The second kappa shape index (κ2) is 7.33. The van der Waals surface area contributed by atoms with E-state index in [0.29, 0.717) is 0 Å². The first-order chi connectivity index (χ1) is 9.45. The van der Waals surface area contributed by atoms with Gasteiger partial charge in [0.1, 0.15) is 0 Å². The summed E-state index contributed by atoms with van der Waals surface area (Å²) in [4.78, 5) is 0. The molecule has 0 aromatic carbocycles. The number of morpholine rings is 2. The highest BCUT2D eigenvalue weighted by Gasteiger charge is 2.35. The largest absolute Gasteiger partial charge is 0.379 e. The van der Waals surface area contributed by atoms with Gasteiger partial charge in [-0.05, 0) is 12.8 Å². The van der Waals surface area contributed by atoms with Crippen molar-refractivity contribution in [3.05, 3.63) is 0 Å². The zero-order valence-electron chi connectivity index (χ0n) is 11.9. The van der Waals surface area contributed by atoms with Crippen LogP contribution in [0.1, 0.15) is 32.1 Å². The lowest BCUT2D eigenvalue weighted by Crippen LogP contribution is -2.44. The third kappa shape index (κ3) is 3.68. The van der Waals surface area contributed by atoms with E-state index in [4.69, 9.17) is 9.47 Å². The summed E-state index contributed by atoms with van der Waals surface area (Å²) in [7, 11) is -0.108. The molecule has 0 bridgehead atoms. The minimum absolute atomic E-state index is 0.108. The van der Waals surface area contributed by atoms with E-state index in [2.05, 4.69) is 9.34 Å². The first-order valence-electron chi connectivity index (χ1n) is 7.89. The van der Waals surface area contributed by atoms with E-state index >= 15 is 0 Å². The molecule has 110 valence electrons. The summed E-state index contributed by atoms with van der Waals surface area (Å²) in [6.07, 6.45) is 7.23. The summed E-state index contributed by atoms with van der Waals surface area (Å²) >= 11 is 0. The predicted molar refractivity (Wildman–Crippen MR) is 78.6 cm³/mol. The Morgan fingerprint density at radius 3 is 1.63 bits per heavy atom. The maximum atomic E-state index is 5.55. The molecule has 5 heteroatoms. The molecular formula is C14H27N2O2P. The smallest absolute Gasteiger partial charge is 0.0597 e. The van der Waals surface area contributed by atoms with Gasteiger partial charge in [-0.3, -0.25) is 9.34 Å². The van der Waals surface area contributed by atoms with E-state index in [0.717, 1.165) is 58.3 Å². The van der Waals surface area contributed by atoms with Crippen LogP contribution in [0.4, 0.5) is 0 Å². The van der Waals surface area contributed by atoms with Crippen molar-refractivity contribution < 1.29 is 9.47 Å². The maximum absolute atomic E-state index is 5.55. The molecule has 3 rings (SSSR count). The second-order valence-corrected chi connectivity index (χ2v) is 8.25. The second-order valence-electron chi connectivity index (χ2n) is 5.74. The molecule has 0 aromatic rings. The van der Waals surface area contributed by atoms with Gasteiger partial charge < -0.3 is 9.47 Å². The van der Waals surface area contributed by atoms with Gasteiger partial charge in [-0.15, -0.1) is 0 Å². The van der Waals surface area contributed by atoms with Crippen molar-refractivity contribution in [2.24, 2.45) is 0 Å². The van der Waals surface area contributed by atoms with Gasteiger partial charge in [-0.2, -0.15) is 0 Å². The SMILES string of the molecule is C1CCC(P(N2CCOCC2)N2CCOCC2)CC1. The fraction of sp³-hybridized carbons (Fsp3) is 1.00. The molecule has 0 N–H and O–H groups in total. The standard InChI is InChI=1S/C14H27N2O2P/c1-2-4-14(5-3-1)19(15-6-10-17-11-7-15)16-8-12-18-13-9-16/h14H,1-13H2. The highest BCUT2D eigenvalue weighted by atomic mass is 31.1. The summed E-state index contributed by atoms with van der Waals surface area (Å²) in [5.74, 6) is 0. The summed E-state index contributed by atoms with van der Waals surface area (Å²) in [5, 5.41) is 0. The lowest BCUT2D eigenvalue weighted by Gasteiger charge is -2.47. The summed E-state index contributed by atoms with van der Waals surface area (Å²) in [6, 6.07) is 0. The van der Waals surface area contributed by atoms with E-state index in [9.17, 15) is 0 Å². The third-order valence-electron chi connectivity index (χ3n) is 4.46. The van der Waals surface area contributed by atoms with Gasteiger partial charge in [-0.1, -0.05) is 19.3 Å². The van der Waals surface area contributed by atoms with Crippen molar-refractivity contribution in [1.82, 2.24) is 9.34 Å². The molecule has 0 atom stereocenters. The molecule has 0 aromatic heterocycles. The Kier molecular flexibility index (Phi) is 5.48. The molecule has 0 unspecified atom stereocenters. The van der Waals surface area contributed by atoms with Gasteiger partial charge in [-0.25, -0.2) is 0 Å². The molecule has 4 nitrogen and oxygen atoms in total. The van der Waals surface area contributed by atoms with Gasteiger partial charge in [0.05, 0.1) is 26.4 Å². The quantitative estimate of drug-likeness (QED) is 0.743. The number of hydrogen-bond donors (Lipinski definition) is 0. The van der Waals surface area contributed by atoms with E-state index in [1.807, 2.05) is 0 Å². The molecule has 19 heavy (non-hydrogen) atoms. The van der Waals surface area contributed by atoms with Gasteiger partial charge >= 0.3 is 0 Å². The molecule has 2 heterocycles. The van der Waals surface area contributed by atoms with Crippen LogP contribution in [0.25, 0.3) is 0 Å².